The molecule has 0 radical (unpaired) electrons. The van der Waals surface area contributed by atoms with Crippen LogP contribution in [0.2, 0.25) is 5.02 Å². The first-order valence-corrected chi connectivity index (χ1v) is 8.05. The van der Waals surface area contributed by atoms with Crippen molar-refractivity contribution in [2.45, 2.75) is 26.2 Å². The van der Waals surface area contributed by atoms with Crippen LogP contribution in [0.25, 0.3) is 21.9 Å². The lowest BCUT2D eigenvalue weighted by atomic mass is 9.86. The number of halogens is 1. The Morgan fingerprint density at radius 1 is 1.00 bits per heavy atom. The smallest absolute Gasteiger partial charge is 0.258 e. The molecule has 3 rings (SSSR count). The van der Waals surface area contributed by atoms with Crippen LogP contribution >= 0.6 is 11.6 Å². The van der Waals surface area contributed by atoms with Crippen LogP contribution in [-0.2, 0) is 12.5 Å². The van der Waals surface area contributed by atoms with Crippen molar-refractivity contribution in [2.24, 2.45) is 7.05 Å². The largest absolute Gasteiger partial charge is 0.317 e. The van der Waals surface area contributed by atoms with Crippen LogP contribution < -0.4 is 5.56 Å². The van der Waals surface area contributed by atoms with Crippen molar-refractivity contribution in [1.29, 1.82) is 0 Å². The first-order chi connectivity index (χ1) is 10.8. The Hall–Kier alpha value is -2.06. The highest BCUT2D eigenvalue weighted by Crippen LogP contribution is 2.34. The molecule has 2 nitrogen and oxygen atoms in total. The van der Waals surface area contributed by atoms with Crippen molar-refractivity contribution in [3.05, 3.63) is 69.6 Å². The Balaban J connectivity index is 2.28. The van der Waals surface area contributed by atoms with Gasteiger partial charge in [0.05, 0.1) is 0 Å². The summed E-state index contributed by atoms with van der Waals surface area (Å²) in [4.78, 5) is 12.3. The third-order valence-corrected chi connectivity index (χ3v) is 4.49. The summed E-state index contributed by atoms with van der Waals surface area (Å²) in [7, 11) is 1.78. The van der Waals surface area contributed by atoms with Crippen molar-refractivity contribution in [3.8, 4) is 11.1 Å². The molecule has 0 saturated carbocycles. The molecule has 0 N–H and O–H groups in total. The molecule has 1 heterocycles. The Labute approximate surface area is 141 Å². The zero-order valence-electron chi connectivity index (χ0n) is 13.9. The SMILES string of the molecule is Cn1cc(-c2ccc(C(C)(C)C)c(Cl)c2)c2ccccc2c1=O. The van der Waals surface area contributed by atoms with Crippen LogP contribution in [0.5, 0.6) is 0 Å². The molecule has 0 amide bonds. The van der Waals surface area contributed by atoms with Crippen LogP contribution in [0.1, 0.15) is 26.3 Å². The maximum atomic E-state index is 12.3. The number of fused-ring (bicyclic) bond motifs is 1. The van der Waals surface area contributed by atoms with Crippen LogP contribution in [-0.4, -0.2) is 4.57 Å². The van der Waals surface area contributed by atoms with E-state index in [1.165, 1.54) is 0 Å². The molecule has 0 aliphatic heterocycles. The summed E-state index contributed by atoms with van der Waals surface area (Å²) in [5, 5.41) is 2.44. The molecule has 3 aromatic rings. The van der Waals surface area contributed by atoms with E-state index in [0.29, 0.717) is 0 Å². The molecular formula is C20H20ClNO. The van der Waals surface area contributed by atoms with Gasteiger partial charge in [-0.1, -0.05) is 62.7 Å². The van der Waals surface area contributed by atoms with Gasteiger partial charge in [-0.25, -0.2) is 0 Å². The van der Waals surface area contributed by atoms with Crippen molar-refractivity contribution < 1.29 is 0 Å². The van der Waals surface area contributed by atoms with Crippen LogP contribution in [0, 0.1) is 0 Å². The number of benzene rings is 2. The Kier molecular flexibility index (Phi) is 3.81. The highest BCUT2D eigenvalue weighted by atomic mass is 35.5. The molecule has 0 bridgehead atoms. The van der Waals surface area contributed by atoms with E-state index in [-0.39, 0.29) is 11.0 Å². The minimum Gasteiger partial charge on any atom is -0.317 e. The number of nitrogens with zero attached hydrogens (tertiary/aromatic N) is 1. The lowest BCUT2D eigenvalue weighted by molar-refractivity contribution is 0.590. The zero-order valence-corrected chi connectivity index (χ0v) is 14.6. The standard InChI is InChI=1S/C20H20ClNO/c1-20(2,3)17-10-9-13(11-18(17)21)16-12-22(4)19(23)15-8-6-5-7-14(15)16/h5-12H,1-4H3. The van der Waals surface area contributed by atoms with Crippen LogP contribution in [0.4, 0.5) is 0 Å². The molecule has 0 atom stereocenters. The van der Waals surface area contributed by atoms with Crippen LogP contribution in [0.15, 0.2) is 53.5 Å². The van der Waals surface area contributed by atoms with E-state index in [2.05, 4.69) is 32.9 Å². The summed E-state index contributed by atoms with van der Waals surface area (Å²) >= 11 is 6.52. The molecular weight excluding hydrogens is 306 g/mol. The van der Waals surface area contributed by atoms with E-state index < -0.39 is 0 Å². The molecule has 3 heteroatoms. The fourth-order valence-corrected chi connectivity index (χ4v) is 3.40. The highest BCUT2D eigenvalue weighted by molar-refractivity contribution is 6.31. The second-order valence-electron chi connectivity index (χ2n) is 6.95. The van der Waals surface area contributed by atoms with E-state index >= 15 is 0 Å². The first kappa shape index (κ1) is 15.8. The average molecular weight is 326 g/mol. The van der Waals surface area contributed by atoms with Gasteiger partial charge in [0.15, 0.2) is 0 Å². The summed E-state index contributed by atoms with van der Waals surface area (Å²) in [6.07, 6.45) is 1.88. The predicted octanol–water partition coefficient (Wildman–Crippen LogP) is 5.16. The van der Waals surface area contributed by atoms with E-state index in [1.807, 2.05) is 36.5 Å². The molecule has 2 aromatic carbocycles. The second-order valence-corrected chi connectivity index (χ2v) is 7.36. The number of pyridine rings is 1. The maximum absolute atomic E-state index is 12.3. The van der Waals surface area contributed by atoms with Gasteiger partial charge in [0.25, 0.3) is 5.56 Å². The van der Waals surface area contributed by atoms with E-state index in [0.717, 1.165) is 32.5 Å². The Bertz CT molecular complexity index is 948. The molecule has 0 aliphatic carbocycles. The van der Waals surface area contributed by atoms with Crippen LogP contribution in [0.3, 0.4) is 0 Å². The molecule has 0 fully saturated rings. The van der Waals surface area contributed by atoms with Crippen molar-refractivity contribution in [2.75, 3.05) is 0 Å². The van der Waals surface area contributed by atoms with Gasteiger partial charge < -0.3 is 4.57 Å². The fourth-order valence-electron chi connectivity index (χ4n) is 2.94. The molecule has 23 heavy (non-hydrogen) atoms. The minimum atomic E-state index is 0.00121. The summed E-state index contributed by atoms with van der Waals surface area (Å²) < 4.78 is 1.63. The van der Waals surface area contributed by atoms with Gasteiger partial charge in [-0.2, -0.15) is 0 Å². The number of hydrogen-bond acceptors (Lipinski definition) is 1. The topological polar surface area (TPSA) is 22.0 Å². The summed E-state index contributed by atoms with van der Waals surface area (Å²) in [6, 6.07) is 13.9. The molecule has 0 aliphatic rings. The Morgan fingerprint density at radius 3 is 2.26 bits per heavy atom. The summed E-state index contributed by atoms with van der Waals surface area (Å²) in [5.74, 6) is 0. The number of aromatic nitrogens is 1. The zero-order chi connectivity index (χ0) is 16.8. The normalized spacial score (nSPS) is 11.9. The lowest BCUT2D eigenvalue weighted by Gasteiger charge is -2.21. The molecule has 0 saturated heterocycles. The van der Waals surface area contributed by atoms with Gasteiger partial charge in [0.2, 0.25) is 0 Å². The third-order valence-electron chi connectivity index (χ3n) is 4.18. The second kappa shape index (κ2) is 5.54. The third kappa shape index (κ3) is 2.79. The van der Waals surface area contributed by atoms with Gasteiger partial charge in [0.1, 0.15) is 0 Å². The minimum absolute atomic E-state index is 0.00121. The summed E-state index contributed by atoms with van der Waals surface area (Å²) in [5.41, 5.74) is 3.18. The number of hydrogen-bond donors (Lipinski definition) is 0. The van der Waals surface area contributed by atoms with E-state index in [9.17, 15) is 4.79 Å². The van der Waals surface area contributed by atoms with E-state index in [1.54, 1.807) is 11.6 Å². The molecule has 0 unspecified atom stereocenters. The van der Waals surface area contributed by atoms with E-state index in [4.69, 9.17) is 11.6 Å². The molecule has 0 spiro atoms. The van der Waals surface area contributed by atoms with Gasteiger partial charge in [-0.05, 0) is 34.1 Å². The van der Waals surface area contributed by atoms with Gasteiger partial charge >= 0.3 is 0 Å². The van der Waals surface area contributed by atoms with Crippen molar-refractivity contribution in [3.63, 3.8) is 0 Å². The monoisotopic (exact) mass is 325 g/mol. The fraction of sp³-hybridized carbons (Fsp3) is 0.250. The highest BCUT2D eigenvalue weighted by Gasteiger charge is 2.18. The first-order valence-electron chi connectivity index (χ1n) is 7.68. The molecule has 118 valence electrons. The number of aryl methyl sites for hydroxylation is 1. The molecule has 1 aromatic heterocycles. The van der Waals surface area contributed by atoms with Gasteiger partial charge in [-0.15, -0.1) is 0 Å². The van der Waals surface area contributed by atoms with Crippen molar-refractivity contribution in [1.82, 2.24) is 4.57 Å². The van der Waals surface area contributed by atoms with Gasteiger partial charge in [-0.3, -0.25) is 4.79 Å². The quantitative estimate of drug-likeness (QED) is 0.606. The van der Waals surface area contributed by atoms with Crippen molar-refractivity contribution >= 4 is 22.4 Å². The Morgan fingerprint density at radius 2 is 1.65 bits per heavy atom. The number of rotatable bonds is 1. The maximum Gasteiger partial charge on any atom is 0.258 e. The average Bonchev–Trinajstić information content (AvgIpc) is 2.49. The predicted molar refractivity (Wildman–Crippen MR) is 98.3 cm³/mol. The van der Waals surface area contributed by atoms with Gasteiger partial charge in [0, 0.05) is 29.2 Å². The summed E-state index contributed by atoms with van der Waals surface area (Å²) in [6.45, 7) is 6.44. The lowest BCUT2D eigenvalue weighted by Crippen LogP contribution is -2.16.